The fraction of sp³-hybridized carbons (Fsp3) is 0.533. The Morgan fingerprint density at radius 3 is 2.62 bits per heavy atom. The molecule has 0 saturated carbocycles. The van der Waals surface area contributed by atoms with E-state index in [4.69, 9.17) is 4.52 Å². The molecule has 128 valence electrons. The van der Waals surface area contributed by atoms with Crippen molar-refractivity contribution < 1.29 is 4.52 Å². The van der Waals surface area contributed by atoms with Crippen molar-refractivity contribution in [2.75, 3.05) is 6.26 Å². The number of thioether (sulfide) groups is 1. The van der Waals surface area contributed by atoms with Crippen LogP contribution >= 0.6 is 11.8 Å². The van der Waals surface area contributed by atoms with Gasteiger partial charge >= 0.3 is 0 Å². The van der Waals surface area contributed by atoms with Gasteiger partial charge in [-0.2, -0.15) is 10.1 Å². The molecule has 0 bridgehead atoms. The van der Waals surface area contributed by atoms with Gasteiger partial charge in [-0.15, -0.1) is 11.8 Å². The van der Waals surface area contributed by atoms with E-state index in [1.54, 1.807) is 11.7 Å². The normalized spacial score (nSPS) is 13.6. The molecule has 3 aromatic heterocycles. The zero-order valence-corrected chi connectivity index (χ0v) is 15.4. The van der Waals surface area contributed by atoms with Crippen molar-refractivity contribution in [1.29, 1.82) is 0 Å². The van der Waals surface area contributed by atoms with Crippen LogP contribution in [0, 0.1) is 0 Å². The lowest BCUT2D eigenvalue weighted by Crippen LogP contribution is -2.25. The molecule has 0 amide bonds. The quantitative estimate of drug-likeness (QED) is 0.670. The van der Waals surface area contributed by atoms with Crippen LogP contribution in [0.5, 0.6) is 0 Å². The molecule has 0 aliphatic heterocycles. The van der Waals surface area contributed by atoms with E-state index in [0.717, 1.165) is 0 Å². The van der Waals surface area contributed by atoms with Crippen LogP contribution in [0.25, 0.3) is 11.0 Å². The fourth-order valence-electron chi connectivity index (χ4n) is 2.37. The first-order valence-corrected chi connectivity index (χ1v) is 8.78. The molecular weight excluding hydrogens is 328 g/mol. The minimum absolute atomic E-state index is 0.166. The molecule has 0 aromatic carbocycles. The fourth-order valence-corrected chi connectivity index (χ4v) is 2.96. The van der Waals surface area contributed by atoms with Crippen molar-refractivity contribution in [3.8, 4) is 0 Å². The van der Waals surface area contributed by atoms with Gasteiger partial charge in [-0.3, -0.25) is 9.36 Å². The molecule has 0 spiro atoms. The number of nitrogens with zero attached hydrogens (tertiary/aromatic N) is 6. The first-order valence-electron chi connectivity index (χ1n) is 7.56. The van der Waals surface area contributed by atoms with Crippen molar-refractivity contribution in [1.82, 2.24) is 29.5 Å². The SMILES string of the molecule is CSc1nn(C)c2ncn(C(C)c3nc(C(C)(C)C)no3)c(=O)c12. The molecule has 8 nitrogen and oxygen atoms in total. The highest BCUT2D eigenvalue weighted by atomic mass is 32.2. The van der Waals surface area contributed by atoms with E-state index in [-0.39, 0.29) is 11.0 Å². The van der Waals surface area contributed by atoms with E-state index in [1.165, 1.54) is 22.7 Å². The Morgan fingerprint density at radius 2 is 2.04 bits per heavy atom. The van der Waals surface area contributed by atoms with Crippen LogP contribution in [0.4, 0.5) is 0 Å². The maximum atomic E-state index is 12.9. The third-order valence-corrected chi connectivity index (χ3v) is 4.49. The van der Waals surface area contributed by atoms with Gasteiger partial charge in [-0.1, -0.05) is 25.9 Å². The third kappa shape index (κ3) is 2.62. The number of fused-ring (bicyclic) bond motifs is 1. The van der Waals surface area contributed by atoms with E-state index in [2.05, 4.69) is 20.2 Å². The predicted octanol–water partition coefficient (Wildman–Crippen LogP) is 2.14. The average Bonchev–Trinajstić information content (AvgIpc) is 3.12. The zero-order valence-electron chi connectivity index (χ0n) is 14.6. The molecule has 1 atom stereocenters. The van der Waals surface area contributed by atoms with Gasteiger partial charge in [0.2, 0.25) is 5.89 Å². The van der Waals surface area contributed by atoms with Crippen LogP contribution in [0.15, 0.2) is 20.7 Å². The summed E-state index contributed by atoms with van der Waals surface area (Å²) in [4.78, 5) is 21.7. The Kier molecular flexibility index (Phi) is 3.98. The topological polar surface area (TPSA) is 91.6 Å². The molecule has 0 aliphatic carbocycles. The lowest BCUT2D eigenvalue weighted by molar-refractivity contribution is 0.333. The van der Waals surface area contributed by atoms with Crippen LogP contribution in [-0.2, 0) is 12.5 Å². The molecule has 0 radical (unpaired) electrons. The lowest BCUT2D eigenvalue weighted by atomic mass is 9.96. The Labute approximate surface area is 143 Å². The summed E-state index contributed by atoms with van der Waals surface area (Å²) >= 11 is 1.42. The molecule has 3 rings (SSSR count). The van der Waals surface area contributed by atoms with Crippen molar-refractivity contribution in [3.05, 3.63) is 28.4 Å². The molecule has 1 unspecified atom stereocenters. The van der Waals surface area contributed by atoms with Crippen molar-refractivity contribution in [3.63, 3.8) is 0 Å². The monoisotopic (exact) mass is 348 g/mol. The van der Waals surface area contributed by atoms with Crippen LogP contribution in [0.3, 0.4) is 0 Å². The number of hydrogen-bond acceptors (Lipinski definition) is 7. The summed E-state index contributed by atoms with van der Waals surface area (Å²) in [6.45, 7) is 7.86. The lowest BCUT2D eigenvalue weighted by Gasteiger charge is -2.12. The Hall–Kier alpha value is -2.16. The minimum atomic E-state index is -0.409. The highest BCUT2D eigenvalue weighted by Gasteiger charge is 2.25. The smallest absolute Gasteiger partial charge is 0.266 e. The summed E-state index contributed by atoms with van der Waals surface area (Å²) in [6, 6.07) is -0.409. The summed E-state index contributed by atoms with van der Waals surface area (Å²) in [7, 11) is 1.77. The summed E-state index contributed by atoms with van der Waals surface area (Å²) in [5, 5.41) is 9.52. The van der Waals surface area contributed by atoms with Gasteiger partial charge in [0.05, 0.1) is 0 Å². The summed E-state index contributed by atoms with van der Waals surface area (Å²) in [6.07, 6.45) is 3.39. The predicted molar refractivity (Wildman–Crippen MR) is 91.4 cm³/mol. The van der Waals surface area contributed by atoms with Gasteiger partial charge in [0.25, 0.3) is 5.56 Å². The number of rotatable bonds is 3. The second-order valence-electron chi connectivity index (χ2n) is 6.67. The average molecular weight is 348 g/mol. The zero-order chi connectivity index (χ0) is 17.6. The molecule has 3 heterocycles. The molecule has 0 aliphatic rings. The van der Waals surface area contributed by atoms with E-state index in [0.29, 0.717) is 27.8 Å². The summed E-state index contributed by atoms with van der Waals surface area (Å²) < 4.78 is 8.48. The second kappa shape index (κ2) is 5.73. The van der Waals surface area contributed by atoms with Gasteiger partial charge in [0.1, 0.15) is 22.8 Å². The van der Waals surface area contributed by atoms with Crippen molar-refractivity contribution in [2.45, 2.75) is 44.2 Å². The number of aryl methyl sites for hydroxylation is 1. The molecular formula is C15H20N6O2S. The largest absolute Gasteiger partial charge is 0.337 e. The number of hydrogen-bond donors (Lipinski definition) is 0. The third-order valence-electron chi connectivity index (χ3n) is 3.82. The summed E-state index contributed by atoms with van der Waals surface area (Å²) in [5.74, 6) is 0.996. The molecule has 0 N–H and O–H groups in total. The summed E-state index contributed by atoms with van der Waals surface area (Å²) in [5.41, 5.74) is 0.179. The van der Waals surface area contributed by atoms with Crippen LogP contribution < -0.4 is 5.56 Å². The van der Waals surface area contributed by atoms with Crippen molar-refractivity contribution >= 4 is 22.8 Å². The first kappa shape index (κ1) is 16.7. The van der Waals surface area contributed by atoms with E-state index in [1.807, 2.05) is 34.0 Å². The Morgan fingerprint density at radius 1 is 1.33 bits per heavy atom. The van der Waals surface area contributed by atoms with Crippen molar-refractivity contribution in [2.24, 2.45) is 7.05 Å². The molecule has 0 fully saturated rings. The highest BCUT2D eigenvalue weighted by Crippen LogP contribution is 2.24. The Balaban J connectivity index is 2.11. The van der Waals surface area contributed by atoms with Gasteiger partial charge in [-0.25, -0.2) is 9.67 Å². The van der Waals surface area contributed by atoms with Gasteiger partial charge in [0.15, 0.2) is 11.5 Å². The van der Waals surface area contributed by atoms with Gasteiger partial charge in [-0.05, 0) is 13.2 Å². The first-order chi connectivity index (χ1) is 11.2. The second-order valence-corrected chi connectivity index (χ2v) is 7.47. The highest BCUT2D eigenvalue weighted by molar-refractivity contribution is 7.98. The molecule has 3 aromatic rings. The standard InChI is InChI=1S/C15H20N6O2S/c1-8(11-17-14(19-23-11)15(2,3)4)21-7-16-10-9(13(21)22)12(24-6)18-20(10)5/h7-8H,1-6H3. The van der Waals surface area contributed by atoms with E-state index < -0.39 is 6.04 Å². The van der Waals surface area contributed by atoms with Gasteiger partial charge < -0.3 is 4.52 Å². The van der Waals surface area contributed by atoms with E-state index >= 15 is 0 Å². The van der Waals surface area contributed by atoms with E-state index in [9.17, 15) is 4.79 Å². The van der Waals surface area contributed by atoms with Crippen LogP contribution in [0.1, 0.15) is 45.5 Å². The molecule has 24 heavy (non-hydrogen) atoms. The maximum absolute atomic E-state index is 12.9. The van der Waals surface area contributed by atoms with Gasteiger partial charge in [0, 0.05) is 12.5 Å². The minimum Gasteiger partial charge on any atom is -0.337 e. The maximum Gasteiger partial charge on any atom is 0.266 e. The Bertz CT molecular complexity index is 949. The molecule has 0 saturated heterocycles. The van der Waals surface area contributed by atoms with Crippen LogP contribution in [0.2, 0.25) is 0 Å². The number of aromatic nitrogens is 6. The van der Waals surface area contributed by atoms with Crippen LogP contribution in [-0.4, -0.2) is 35.7 Å². The molecule has 9 heteroatoms.